The molecule has 0 spiro atoms. The number of aliphatic hydroxyl groups is 1. The van der Waals surface area contributed by atoms with Gasteiger partial charge in [-0.2, -0.15) is 0 Å². The van der Waals surface area contributed by atoms with Gasteiger partial charge in [0.15, 0.2) is 0 Å². The summed E-state index contributed by atoms with van der Waals surface area (Å²) in [6.07, 6.45) is 0. The monoisotopic (exact) mass is 366 g/mol. The molecule has 1 aromatic heterocycles. The quantitative estimate of drug-likeness (QED) is 0.507. The van der Waals surface area contributed by atoms with Gasteiger partial charge in [-0.05, 0) is 0 Å². The summed E-state index contributed by atoms with van der Waals surface area (Å²) in [5.74, 6) is -0.370. The molecule has 0 aromatic carbocycles. The van der Waals surface area contributed by atoms with Crippen LogP contribution in [0, 0.1) is 0 Å². The Bertz CT molecular complexity index is 464. The first-order valence-corrected chi connectivity index (χ1v) is 8.09. The van der Waals surface area contributed by atoms with Crippen LogP contribution in [-0.4, -0.2) is 31.5 Å². The maximum atomic E-state index is 11.6. The average Bonchev–Trinajstić information content (AvgIpc) is 2.64. The summed E-state index contributed by atoms with van der Waals surface area (Å²) in [5.41, 5.74) is -1.01. The second-order valence-electron chi connectivity index (χ2n) is 5.40. The molecule has 0 radical (unpaired) electrons. The normalized spacial score (nSPS) is 12.3. The average molecular weight is 364 g/mol. The van der Waals surface area contributed by atoms with Crippen molar-refractivity contribution in [2.45, 2.75) is 45.8 Å². The topological polar surface area (TPSA) is 46.5 Å². The van der Waals surface area contributed by atoms with E-state index < -0.39 is 31.6 Å². The Hall–Kier alpha value is -0.560. The summed E-state index contributed by atoms with van der Waals surface area (Å²) < 4.78 is 7.62. The minimum atomic E-state index is -0.783. The van der Waals surface area contributed by atoms with Crippen LogP contribution in [0.5, 0.6) is 0 Å². The number of rotatable bonds is 4. The molecule has 18 heavy (non-hydrogen) atoms. The van der Waals surface area contributed by atoms with Crippen molar-refractivity contribution in [3.63, 3.8) is 0 Å². The summed E-state index contributed by atoms with van der Waals surface area (Å²) in [6, 6.07) is 3.93. The molecule has 4 heteroatoms. The van der Waals surface area contributed by atoms with Gasteiger partial charge in [-0.3, -0.25) is 0 Å². The number of esters is 1. The second-order valence-corrected chi connectivity index (χ2v) is 8.50. The van der Waals surface area contributed by atoms with Crippen molar-refractivity contribution >= 4 is 26.4 Å². The van der Waals surface area contributed by atoms with Crippen molar-refractivity contribution in [3.05, 3.63) is 31.4 Å². The molecule has 0 atom stereocenters. The fourth-order valence-corrected chi connectivity index (χ4v) is 4.35. The Balaban J connectivity index is 2.95. The first-order chi connectivity index (χ1) is 8.04. The molecule has 0 aliphatic carbocycles. The third kappa shape index (κ3) is 3.71. The molecule has 1 heterocycles. The van der Waals surface area contributed by atoms with E-state index in [2.05, 4.69) is 6.58 Å². The van der Waals surface area contributed by atoms with E-state index in [-0.39, 0.29) is 5.97 Å². The Kier molecular flexibility index (Phi) is 4.48. The molecule has 100 valence electrons. The number of carbonyl (C=O) groups is 1. The summed E-state index contributed by atoms with van der Waals surface area (Å²) >= 11 is -0.652. The molecule has 0 saturated carbocycles. The van der Waals surface area contributed by atoms with Crippen molar-refractivity contribution in [3.8, 4) is 0 Å². The van der Waals surface area contributed by atoms with Crippen LogP contribution in [0.25, 0.3) is 0 Å². The summed E-state index contributed by atoms with van der Waals surface area (Å²) in [7, 11) is 0. The van der Waals surface area contributed by atoms with Gasteiger partial charge in [0.1, 0.15) is 0 Å². The van der Waals surface area contributed by atoms with Gasteiger partial charge in [0.05, 0.1) is 0 Å². The van der Waals surface area contributed by atoms with Crippen molar-refractivity contribution < 1.29 is 14.6 Å². The summed E-state index contributed by atoms with van der Waals surface area (Å²) in [5, 5.41) is 9.98. The van der Waals surface area contributed by atoms with Crippen molar-refractivity contribution in [1.29, 1.82) is 0 Å². The predicted molar refractivity (Wildman–Crippen MR) is 72.6 cm³/mol. The molecule has 1 N–H and O–H groups in total. The Morgan fingerprint density at radius 1 is 1.28 bits per heavy atom. The van der Waals surface area contributed by atoms with Crippen LogP contribution in [0.1, 0.15) is 41.8 Å². The molecule has 0 amide bonds. The summed E-state index contributed by atoms with van der Waals surface area (Å²) in [4.78, 5) is 11.6. The van der Waals surface area contributed by atoms with Crippen molar-refractivity contribution in [1.82, 2.24) is 0 Å². The molecule has 3 nitrogen and oxygen atoms in total. The molecule has 0 aliphatic rings. The van der Waals surface area contributed by atoms with Crippen LogP contribution in [0.4, 0.5) is 0 Å². The molecule has 1 rings (SSSR count). The zero-order valence-electron chi connectivity index (χ0n) is 11.5. The first-order valence-electron chi connectivity index (χ1n) is 5.76. The molecular formula is C14H20O3Te. The third-order valence-corrected chi connectivity index (χ3v) is 7.36. The van der Waals surface area contributed by atoms with E-state index in [9.17, 15) is 9.90 Å². The van der Waals surface area contributed by atoms with Crippen LogP contribution in [0.15, 0.2) is 24.3 Å². The van der Waals surface area contributed by atoms with Gasteiger partial charge in [0, 0.05) is 0 Å². The van der Waals surface area contributed by atoms with Gasteiger partial charge < -0.3 is 0 Å². The molecular weight excluding hydrogens is 344 g/mol. The van der Waals surface area contributed by atoms with E-state index in [0.717, 1.165) is 7.16 Å². The Morgan fingerprint density at radius 3 is 2.17 bits per heavy atom. The third-order valence-electron chi connectivity index (χ3n) is 2.50. The van der Waals surface area contributed by atoms with Crippen LogP contribution in [0.2, 0.25) is 0 Å². The Labute approximate surface area is 118 Å². The predicted octanol–water partition coefficient (Wildman–Crippen LogP) is 2.33. The van der Waals surface area contributed by atoms with Crippen LogP contribution in [-0.2, 0) is 20.7 Å². The van der Waals surface area contributed by atoms with E-state index in [1.807, 2.05) is 26.0 Å². The van der Waals surface area contributed by atoms with Crippen LogP contribution >= 0.6 is 0 Å². The molecule has 0 unspecified atom stereocenters. The number of hydrogen-bond acceptors (Lipinski definition) is 3. The van der Waals surface area contributed by atoms with Gasteiger partial charge in [0.2, 0.25) is 0 Å². The van der Waals surface area contributed by atoms with Crippen LogP contribution < -0.4 is 0 Å². The fraction of sp³-hybridized carbons (Fsp3) is 0.500. The SMILES string of the molecule is C=C(C)C(=O)OC(C)(C)c1ccc(C(C)(C)O)[te]1. The molecule has 0 bridgehead atoms. The van der Waals surface area contributed by atoms with Crippen LogP contribution in [0.3, 0.4) is 0 Å². The molecule has 1 aromatic rings. The molecule has 0 fully saturated rings. The minimum absolute atomic E-state index is 0.370. The van der Waals surface area contributed by atoms with E-state index in [0.29, 0.717) is 5.57 Å². The standard InChI is InChI=1S/C14H20O3Te/c1-9(2)12(15)17-14(5,6)11-8-7-10(18-11)13(3,4)16/h7-8,16H,1H2,2-6H3. The van der Waals surface area contributed by atoms with E-state index in [1.54, 1.807) is 20.8 Å². The Morgan fingerprint density at radius 2 is 1.78 bits per heavy atom. The number of ether oxygens (including phenoxy) is 1. The van der Waals surface area contributed by atoms with Crippen molar-refractivity contribution in [2.24, 2.45) is 0 Å². The van der Waals surface area contributed by atoms with Gasteiger partial charge in [-0.1, -0.05) is 0 Å². The maximum absolute atomic E-state index is 11.6. The van der Waals surface area contributed by atoms with E-state index in [4.69, 9.17) is 4.74 Å². The molecule has 0 saturated heterocycles. The first kappa shape index (κ1) is 15.5. The van der Waals surface area contributed by atoms with Gasteiger partial charge >= 0.3 is 118 Å². The van der Waals surface area contributed by atoms with Crippen molar-refractivity contribution in [2.75, 3.05) is 0 Å². The molecule has 0 aliphatic heterocycles. The number of carbonyl (C=O) groups excluding carboxylic acids is 1. The fourth-order valence-electron chi connectivity index (χ4n) is 1.36. The number of hydrogen-bond donors (Lipinski definition) is 1. The van der Waals surface area contributed by atoms with E-state index in [1.165, 1.54) is 0 Å². The zero-order valence-corrected chi connectivity index (χ0v) is 13.9. The van der Waals surface area contributed by atoms with E-state index >= 15 is 0 Å². The second kappa shape index (κ2) is 5.20. The van der Waals surface area contributed by atoms with Gasteiger partial charge in [0.25, 0.3) is 0 Å². The van der Waals surface area contributed by atoms with Gasteiger partial charge in [-0.15, -0.1) is 0 Å². The zero-order chi connectivity index (χ0) is 14.1. The summed E-state index contributed by atoms with van der Waals surface area (Å²) in [6.45, 7) is 12.6. The van der Waals surface area contributed by atoms with Gasteiger partial charge in [-0.25, -0.2) is 0 Å².